The summed E-state index contributed by atoms with van der Waals surface area (Å²) in [6.07, 6.45) is -10.9. The summed E-state index contributed by atoms with van der Waals surface area (Å²) in [5, 5.41) is 2.48. The Bertz CT molecular complexity index is 1310. The number of benzene rings is 2. The Hall–Kier alpha value is -3.13. The number of alkyl halides is 6. The number of anilines is 1. The van der Waals surface area contributed by atoms with Crippen molar-refractivity contribution >= 4 is 28.2 Å². The minimum absolute atomic E-state index is 0.0285. The van der Waals surface area contributed by atoms with Crippen LogP contribution in [0.1, 0.15) is 48.1 Å². The molecule has 0 radical (unpaired) electrons. The first-order valence-corrected chi connectivity index (χ1v) is 13.3. The van der Waals surface area contributed by atoms with Crippen molar-refractivity contribution in [2.75, 3.05) is 18.4 Å². The molecule has 2 aliphatic heterocycles. The van der Waals surface area contributed by atoms with E-state index in [-0.39, 0.29) is 43.9 Å². The van der Waals surface area contributed by atoms with E-state index in [2.05, 4.69) is 5.32 Å². The van der Waals surface area contributed by atoms with Gasteiger partial charge in [0.25, 0.3) is 5.91 Å². The number of hydrogen-bond acceptors (Lipinski definition) is 5. The Morgan fingerprint density at radius 1 is 0.949 bits per heavy atom. The van der Waals surface area contributed by atoms with Crippen LogP contribution in [-0.4, -0.2) is 55.5 Å². The van der Waals surface area contributed by atoms with Crippen molar-refractivity contribution in [3.8, 4) is 0 Å². The van der Waals surface area contributed by atoms with Gasteiger partial charge in [-0.15, -0.1) is 0 Å². The molecule has 1 unspecified atom stereocenters. The lowest BCUT2D eigenvalue weighted by Gasteiger charge is -2.44. The van der Waals surface area contributed by atoms with Crippen LogP contribution in [0.2, 0.25) is 0 Å². The number of fused-ring (bicyclic) bond motifs is 1. The second-order valence-corrected chi connectivity index (χ2v) is 10.5. The van der Waals surface area contributed by atoms with E-state index in [1.807, 2.05) is 0 Å². The quantitative estimate of drug-likeness (QED) is 0.396. The SMILES string of the molecule is CC(=O)N1Cc2cc(C[SH](=O)=O)ccc2C1C(=O)Nc1ccc(C(N2CCCC2)(C(F)(F)F)C(F)(F)F)cc1. The molecule has 2 heterocycles. The van der Waals surface area contributed by atoms with E-state index >= 15 is 0 Å². The van der Waals surface area contributed by atoms with Crippen molar-refractivity contribution in [1.82, 2.24) is 9.80 Å². The molecule has 2 aromatic carbocycles. The summed E-state index contributed by atoms with van der Waals surface area (Å²) in [6, 6.07) is 6.83. The third kappa shape index (κ3) is 5.23. The number of rotatable bonds is 6. The lowest BCUT2D eigenvalue weighted by atomic mass is 9.86. The molecule has 2 amide bonds. The Morgan fingerprint density at radius 2 is 1.54 bits per heavy atom. The molecule has 0 bridgehead atoms. The highest BCUT2D eigenvalue weighted by Crippen LogP contribution is 2.55. The van der Waals surface area contributed by atoms with Gasteiger partial charge in [0.1, 0.15) is 16.7 Å². The molecule has 7 nitrogen and oxygen atoms in total. The highest BCUT2D eigenvalue weighted by atomic mass is 32.2. The Labute approximate surface area is 221 Å². The van der Waals surface area contributed by atoms with Gasteiger partial charge in [-0.3, -0.25) is 14.5 Å². The number of carbonyl (C=O) groups excluding carboxylic acids is 2. The number of amides is 2. The van der Waals surface area contributed by atoms with Gasteiger partial charge in [0, 0.05) is 19.2 Å². The second-order valence-electron chi connectivity index (χ2n) is 9.54. The van der Waals surface area contributed by atoms with Crippen LogP contribution in [0.5, 0.6) is 0 Å². The fraction of sp³-hybridized carbons (Fsp3) is 0.440. The van der Waals surface area contributed by atoms with E-state index in [4.69, 9.17) is 0 Å². The Morgan fingerprint density at radius 3 is 2.05 bits per heavy atom. The monoisotopic (exact) mass is 577 g/mol. The zero-order valence-electron chi connectivity index (χ0n) is 20.6. The van der Waals surface area contributed by atoms with Crippen molar-refractivity contribution in [2.24, 2.45) is 0 Å². The third-order valence-electron chi connectivity index (χ3n) is 7.09. The summed E-state index contributed by atoms with van der Waals surface area (Å²) in [4.78, 5) is 27.1. The highest BCUT2D eigenvalue weighted by Gasteiger charge is 2.74. The van der Waals surface area contributed by atoms with E-state index in [0.29, 0.717) is 33.7 Å². The van der Waals surface area contributed by atoms with E-state index in [0.717, 1.165) is 12.1 Å². The molecule has 0 aliphatic carbocycles. The molecule has 1 N–H and O–H groups in total. The minimum Gasteiger partial charge on any atom is -0.324 e. The molecule has 2 aromatic rings. The van der Waals surface area contributed by atoms with Crippen molar-refractivity contribution < 1.29 is 44.3 Å². The highest BCUT2D eigenvalue weighted by molar-refractivity contribution is 7.71. The summed E-state index contributed by atoms with van der Waals surface area (Å²) in [7, 11) is -2.70. The number of likely N-dealkylation sites (tertiary alicyclic amines) is 1. The van der Waals surface area contributed by atoms with E-state index < -0.39 is 52.0 Å². The number of thiol groups is 1. The van der Waals surface area contributed by atoms with Crippen LogP contribution >= 0.6 is 0 Å². The van der Waals surface area contributed by atoms with E-state index in [9.17, 15) is 44.3 Å². The summed E-state index contributed by atoms with van der Waals surface area (Å²) in [6.45, 7) is 0.530. The number of hydrogen-bond donors (Lipinski definition) is 2. The van der Waals surface area contributed by atoms with Crippen LogP contribution in [0.15, 0.2) is 42.5 Å². The predicted molar refractivity (Wildman–Crippen MR) is 129 cm³/mol. The van der Waals surface area contributed by atoms with Crippen LogP contribution in [0.25, 0.3) is 0 Å². The first-order valence-electron chi connectivity index (χ1n) is 12.0. The average molecular weight is 578 g/mol. The van der Waals surface area contributed by atoms with Crippen LogP contribution in [0, 0.1) is 0 Å². The zero-order chi connectivity index (χ0) is 28.8. The van der Waals surface area contributed by atoms with Gasteiger partial charge in [0.05, 0.1) is 5.75 Å². The lowest BCUT2D eigenvalue weighted by molar-refractivity contribution is -0.346. The van der Waals surface area contributed by atoms with Crippen molar-refractivity contribution in [1.29, 1.82) is 0 Å². The van der Waals surface area contributed by atoms with E-state index in [1.54, 1.807) is 6.07 Å². The van der Waals surface area contributed by atoms with Gasteiger partial charge < -0.3 is 10.2 Å². The fourth-order valence-electron chi connectivity index (χ4n) is 5.42. The van der Waals surface area contributed by atoms with Crippen LogP contribution in [0.4, 0.5) is 32.0 Å². The Kier molecular flexibility index (Phi) is 7.74. The maximum Gasteiger partial charge on any atom is 0.419 e. The van der Waals surface area contributed by atoms with Crippen molar-refractivity contribution in [2.45, 2.75) is 56.0 Å². The number of carbonyl (C=O) groups is 2. The van der Waals surface area contributed by atoms with Crippen molar-refractivity contribution in [3.05, 3.63) is 64.7 Å². The normalized spacial score (nSPS) is 18.5. The van der Waals surface area contributed by atoms with Crippen LogP contribution in [-0.2, 0) is 38.1 Å². The number of halogens is 6. The predicted octanol–water partition coefficient (Wildman–Crippen LogP) is 4.26. The molecule has 1 saturated heterocycles. The van der Waals surface area contributed by atoms with Gasteiger partial charge in [-0.25, -0.2) is 8.42 Å². The lowest BCUT2D eigenvalue weighted by Crippen LogP contribution is -2.64. The summed E-state index contributed by atoms with van der Waals surface area (Å²) in [5.74, 6) is -1.40. The number of nitrogens with one attached hydrogen (secondary N) is 1. The maximum absolute atomic E-state index is 14.2. The molecule has 39 heavy (non-hydrogen) atoms. The van der Waals surface area contributed by atoms with Gasteiger partial charge in [0.15, 0.2) is 0 Å². The van der Waals surface area contributed by atoms with Gasteiger partial charge in [0.2, 0.25) is 11.4 Å². The summed E-state index contributed by atoms with van der Waals surface area (Å²) < 4.78 is 107. The van der Waals surface area contributed by atoms with Gasteiger partial charge in [-0.05, 0) is 60.3 Å². The minimum atomic E-state index is -5.66. The molecular weight excluding hydrogens is 552 g/mol. The molecular formula is C25H25F6N3O4S. The van der Waals surface area contributed by atoms with Gasteiger partial charge >= 0.3 is 12.4 Å². The molecule has 14 heteroatoms. The van der Waals surface area contributed by atoms with Gasteiger partial charge in [-0.1, -0.05) is 30.3 Å². The smallest absolute Gasteiger partial charge is 0.324 e. The Balaban J connectivity index is 1.64. The molecule has 0 aromatic heterocycles. The summed E-state index contributed by atoms with van der Waals surface area (Å²) in [5.41, 5.74) is -3.79. The molecule has 4 rings (SSSR count). The molecule has 0 saturated carbocycles. The van der Waals surface area contributed by atoms with Crippen LogP contribution in [0.3, 0.4) is 0 Å². The molecule has 1 fully saturated rings. The number of nitrogens with zero attached hydrogens (tertiary/aromatic N) is 2. The molecule has 0 spiro atoms. The standard InChI is InChI=1S/C25H25F6N3O4S/c1-15(35)34-13-17-12-16(14-39(37)38)4-9-20(17)21(34)22(36)32-19-7-5-18(6-8-19)23(24(26,27)28,25(29,30)31)33-10-2-3-11-33/h4-9,12,21,39H,2-3,10-11,13-14H2,1H3,(H,32,36). The molecule has 212 valence electrons. The fourth-order valence-corrected chi connectivity index (χ4v) is 5.91. The average Bonchev–Trinajstić information content (AvgIpc) is 3.46. The molecule has 2 aliphatic rings. The van der Waals surface area contributed by atoms with Crippen molar-refractivity contribution in [3.63, 3.8) is 0 Å². The summed E-state index contributed by atoms with van der Waals surface area (Å²) >= 11 is 0. The largest absolute Gasteiger partial charge is 0.419 e. The zero-order valence-corrected chi connectivity index (χ0v) is 21.5. The van der Waals surface area contributed by atoms with Gasteiger partial charge in [-0.2, -0.15) is 26.3 Å². The topological polar surface area (TPSA) is 86.8 Å². The maximum atomic E-state index is 14.2. The van der Waals surface area contributed by atoms with Crippen LogP contribution < -0.4 is 5.32 Å². The molecule has 1 atom stereocenters. The second kappa shape index (κ2) is 10.5. The first-order chi connectivity index (χ1) is 18.2. The van der Waals surface area contributed by atoms with E-state index in [1.165, 1.54) is 24.0 Å². The third-order valence-corrected chi connectivity index (χ3v) is 7.71. The first kappa shape index (κ1) is 28.9.